The minimum absolute atomic E-state index is 0.0230. The van der Waals surface area contributed by atoms with Crippen LogP contribution in [0.1, 0.15) is 15.9 Å². The Kier molecular flexibility index (Phi) is 5.52. The number of benzene rings is 2. The molecular formula is C21H18N6O4. The summed E-state index contributed by atoms with van der Waals surface area (Å²) in [5.41, 5.74) is 2.22. The van der Waals surface area contributed by atoms with Crippen molar-refractivity contribution < 1.29 is 14.5 Å². The molecule has 0 aliphatic carbocycles. The number of nitrogens with one attached hydrogen (secondary N) is 1. The second-order valence-corrected chi connectivity index (χ2v) is 6.69. The van der Waals surface area contributed by atoms with E-state index in [1.807, 2.05) is 30.3 Å². The molecule has 156 valence electrons. The third-order valence-electron chi connectivity index (χ3n) is 4.56. The van der Waals surface area contributed by atoms with Gasteiger partial charge in [-0.2, -0.15) is 4.52 Å². The molecule has 10 nitrogen and oxygen atoms in total. The molecule has 4 rings (SSSR count). The summed E-state index contributed by atoms with van der Waals surface area (Å²) < 4.78 is 7.24. The fourth-order valence-electron chi connectivity index (χ4n) is 3.04. The highest BCUT2D eigenvalue weighted by Gasteiger charge is 2.14. The Morgan fingerprint density at radius 1 is 1.13 bits per heavy atom. The van der Waals surface area contributed by atoms with Gasteiger partial charge in [-0.25, -0.2) is 0 Å². The smallest absolute Gasteiger partial charge is 0.272 e. The van der Waals surface area contributed by atoms with Crippen molar-refractivity contribution in [2.45, 2.75) is 6.92 Å². The molecular weight excluding hydrogens is 400 g/mol. The van der Waals surface area contributed by atoms with E-state index in [1.165, 1.54) is 18.2 Å². The first-order chi connectivity index (χ1) is 15.0. The van der Waals surface area contributed by atoms with E-state index in [0.717, 1.165) is 5.56 Å². The van der Waals surface area contributed by atoms with E-state index in [9.17, 15) is 14.9 Å². The van der Waals surface area contributed by atoms with Crippen LogP contribution in [0.15, 0.2) is 60.7 Å². The lowest BCUT2D eigenvalue weighted by atomic mass is 10.1. The SMILES string of the molecule is Cc1cc(C(=O)NCCOc2ccc3nnc(-c4ccccc4)n3n2)ccc1[N+](=O)[O-]. The molecule has 0 radical (unpaired) electrons. The normalized spacial score (nSPS) is 10.7. The van der Waals surface area contributed by atoms with Gasteiger partial charge in [0.2, 0.25) is 5.88 Å². The monoisotopic (exact) mass is 418 g/mol. The molecule has 1 N–H and O–H groups in total. The van der Waals surface area contributed by atoms with E-state index in [4.69, 9.17) is 4.74 Å². The Hall–Kier alpha value is -4.34. The van der Waals surface area contributed by atoms with E-state index in [2.05, 4.69) is 20.6 Å². The highest BCUT2D eigenvalue weighted by Crippen LogP contribution is 2.19. The molecule has 0 saturated carbocycles. The van der Waals surface area contributed by atoms with Crippen molar-refractivity contribution in [1.29, 1.82) is 0 Å². The largest absolute Gasteiger partial charge is 0.475 e. The van der Waals surface area contributed by atoms with Crippen LogP contribution in [0, 0.1) is 17.0 Å². The van der Waals surface area contributed by atoms with Crippen LogP contribution >= 0.6 is 0 Å². The zero-order valence-corrected chi connectivity index (χ0v) is 16.6. The fraction of sp³-hybridized carbons (Fsp3) is 0.143. The Bertz CT molecular complexity index is 1260. The molecule has 2 aromatic heterocycles. The van der Waals surface area contributed by atoms with Crippen molar-refractivity contribution in [2.24, 2.45) is 0 Å². The van der Waals surface area contributed by atoms with Gasteiger partial charge in [0.1, 0.15) is 6.61 Å². The lowest BCUT2D eigenvalue weighted by molar-refractivity contribution is -0.385. The molecule has 2 heterocycles. The topological polar surface area (TPSA) is 125 Å². The summed E-state index contributed by atoms with van der Waals surface area (Å²) in [6.45, 7) is 2.02. The first-order valence-electron chi connectivity index (χ1n) is 9.47. The standard InChI is InChI=1S/C21H18N6O4/c1-14-13-16(7-8-17(14)27(29)30)21(28)22-11-12-31-19-10-9-18-23-24-20(26(18)25-19)15-5-3-2-4-6-15/h2-10,13H,11-12H2,1H3,(H,22,28). The number of aromatic nitrogens is 4. The zero-order chi connectivity index (χ0) is 21.8. The van der Waals surface area contributed by atoms with Crippen LogP contribution in [0.25, 0.3) is 17.0 Å². The van der Waals surface area contributed by atoms with Crippen molar-refractivity contribution in [2.75, 3.05) is 13.2 Å². The summed E-state index contributed by atoms with van der Waals surface area (Å²) in [4.78, 5) is 22.7. The van der Waals surface area contributed by atoms with Gasteiger partial charge in [0, 0.05) is 28.8 Å². The van der Waals surface area contributed by atoms with Crippen LogP contribution < -0.4 is 10.1 Å². The third-order valence-corrected chi connectivity index (χ3v) is 4.56. The Morgan fingerprint density at radius 3 is 2.68 bits per heavy atom. The number of amides is 1. The van der Waals surface area contributed by atoms with Crippen molar-refractivity contribution >= 4 is 17.2 Å². The number of nitrogens with zero attached hydrogens (tertiary/aromatic N) is 5. The van der Waals surface area contributed by atoms with Gasteiger partial charge in [0.05, 0.1) is 11.5 Å². The van der Waals surface area contributed by atoms with Crippen molar-refractivity contribution in [3.8, 4) is 17.3 Å². The molecule has 10 heteroatoms. The lowest BCUT2D eigenvalue weighted by Crippen LogP contribution is -2.28. The predicted molar refractivity (Wildman–Crippen MR) is 112 cm³/mol. The quantitative estimate of drug-likeness (QED) is 0.278. The van der Waals surface area contributed by atoms with E-state index in [0.29, 0.717) is 28.5 Å². The maximum Gasteiger partial charge on any atom is 0.272 e. The van der Waals surface area contributed by atoms with Crippen LogP contribution in [0.3, 0.4) is 0 Å². The minimum Gasteiger partial charge on any atom is -0.475 e. The van der Waals surface area contributed by atoms with Gasteiger partial charge in [-0.15, -0.1) is 15.3 Å². The number of carbonyl (C=O) groups is 1. The number of aryl methyl sites for hydroxylation is 1. The molecule has 0 atom stereocenters. The average molecular weight is 418 g/mol. The summed E-state index contributed by atoms with van der Waals surface area (Å²) >= 11 is 0. The van der Waals surface area contributed by atoms with Gasteiger partial charge in [-0.3, -0.25) is 14.9 Å². The van der Waals surface area contributed by atoms with E-state index < -0.39 is 4.92 Å². The molecule has 0 bridgehead atoms. The van der Waals surface area contributed by atoms with E-state index in [1.54, 1.807) is 23.6 Å². The summed E-state index contributed by atoms with van der Waals surface area (Å²) in [5, 5.41) is 26.3. The molecule has 0 saturated heterocycles. The summed E-state index contributed by atoms with van der Waals surface area (Å²) in [7, 11) is 0. The zero-order valence-electron chi connectivity index (χ0n) is 16.6. The van der Waals surface area contributed by atoms with Crippen LogP contribution in [0.2, 0.25) is 0 Å². The second kappa shape index (κ2) is 8.57. The fourth-order valence-corrected chi connectivity index (χ4v) is 3.04. The van der Waals surface area contributed by atoms with Gasteiger partial charge >= 0.3 is 0 Å². The maximum absolute atomic E-state index is 12.3. The van der Waals surface area contributed by atoms with E-state index in [-0.39, 0.29) is 24.7 Å². The number of hydrogen-bond donors (Lipinski definition) is 1. The predicted octanol–water partition coefficient (Wildman–Crippen LogP) is 2.82. The Labute approximate surface area is 176 Å². The Balaban J connectivity index is 1.37. The summed E-state index contributed by atoms with van der Waals surface area (Å²) in [5.74, 6) is 0.628. The number of fused-ring (bicyclic) bond motifs is 1. The Morgan fingerprint density at radius 2 is 1.94 bits per heavy atom. The number of nitro groups is 1. The number of hydrogen-bond acceptors (Lipinski definition) is 7. The first-order valence-corrected chi connectivity index (χ1v) is 9.47. The maximum atomic E-state index is 12.3. The van der Waals surface area contributed by atoms with Crippen molar-refractivity contribution in [3.05, 3.63) is 81.9 Å². The highest BCUT2D eigenvalue weighted by atomic mass is 16.6. The molecule has 4 aromatic rings. The van der Waals surface area contributed by atoms with Gasteiger partial charge in [0.25, 0.3) is 11.6 Å². The van der Waals surface area contributed by atoms with Crippen LogP contribution in [0.4, 0.5) is 5.69 Å². The number of nitro benzene ring substituents is 1. The molecule has 31 heavy (non-hydrogen) atoms. The van der Waals surface area contributed by atoms with E-state index >= 15 is 0 Å². The minimum atomic E-state index is -0.478. The van der Waals surface area contributed by atoms with Crippen LogP contribution in [0.5, 0.6) is 5.88 Å². The molecule has 0 fully saturated rings. The average Bonchev–Trinajstić information content (AvgIpc) is 3.20. The molecule has 0 aliphatic heterocycles. The number of carbonyl (C=O) groups excluding carboxylic acids is 1. The summed E-state index contributed by atoms with van der Waals surface area (Å²) in [6.07, 6.45) is 0. The van der Waals surface area contributed by atoms with Gasteiger partial charge < -0.3 is 10.1 Å². The molecule has 2 aromatic carbocycles. The van der Waals surface area contributed by atoms with Crippen molar-refractivity contribution in [1.82, 2.24) is 25.1 Å². The number of rotatable bonds is 7. The third kappa shape index (κ3) is 4.32. The number of ether oxygens (including phenoxy) is 1. The van der Waals surface area contributed by atoms with Crippen molar-refractivity contribution in [3.63, 3.8) is 0 Å². The molecule has 1 amide bonds. The lowest BCUT2D eigenvalue weighted by Gasteiger charge is -2.08. The van der Waals surface area contributed by atoms with Gasteiger partial charge in [-0.1, -0.05) is 30.3 Å². The highest BCUT2D eigenvalue weighted by molar-refractivity contribution is 5.94. The molecule has 0 spiro atoms. The van der Waals surface area contributed by atoms with Gasteiger partial charge in [-0.05, 0) is 25.1 Å². The first kappa shape index (κ1) is 20.0. The van der Waals surface area contributed by atoms with Crippen LogP contribution in [-0.2, 0) is 0 Å². The van der Waals surface area contributed by atoms with Gasteiger partial charge in [0.15, 0.2) is 11.5 Å². The molecule has 0 aliphatic rings. The molecule has 0 unspecified atom stereocenters. The van der Waals surface area contributed by atoms with Crippen LogP contribution in [-0.4, -0.2) is 43.8 Å². The second-order valence-electron chi connectivity index (χ2n) is 6.69. The summed E-state index contributed by atoms with van der Waals surface area (Å²) in [6, 6.07) is 17.2.